The van der Waals surface area contributed by atoms with Crippen LogP contribution in [0.1, 0.15) is 241 Å². The first-order valence-corrected chi connectivity index (χ1v) is 45.7. The van der Waals surface area contributed by atoms with E-state index in [1.165, 1.54) is 118 Å². The monoisotopic (exact) mass is 1680 g/mol. The van der Waals surface area contributed by atoms with Crippen molar-refractivity contribution in [3.63, 3.8) is 0 Å². The Bertz CT molecular complexity index is 3560. The van der Waals surface area contributed by atoms with Gasteiger partial charge in [0.2, 0.25) is 0 Å². The Balaban J connectivity index is -0.000000159. The summed E-state index contributed by atoms with van der Waals surface area (Å²) in [5, 5.41) is 1.06. The molecule has 1 aliphatic carbocycles. The molecule has 119 heavy (non-hydrogen) atoms. The van der Waals surface area contributed by atoms with Gasteiger partial charge < -0.3 is 28.5 Å². The van der Waals surface area contributed by atoms with E-state index in [1.54, 1.807) is 7.11 Å². The molecule has 0 saturated heterocycles. The van der Waals surface area contributed by atoms with E-state index in [2.05, 4.69) is 266 Å². The van der Waals surface area contributed by atoms with Crippen LogP contribution in [0.3, 0.4) is 0 Å². The lowest BCUT2D eigenvalue weighted by atomic mass is 9.98. The summed E-state index contributed by atoms with van der Waals surface area (Å²) >= 11 is 0. The summed E-state index contributed by atoms with van der Waals surface area (Å²) in [4.78, 5) is 68.7. The number of benzene rings is 8. The molecule has 0 radical (unpaired) electrons. The van der Waals surface area contributed by atoms with E-state index < -0.39 is 14.0 Å². The van der Waals surface area contributed by atoms with Gasteiger partial charge in [-0.1, -0.05) is 403 Å². The number of hydrogen-bond donors (Lipinski definition) is 0. The average molecular weight is 1680 g/mol. The lowest BCUT2D eigenvalue weighted by Crippen LogP contribution is -2.32. The van der Waals surface area contributed by atoms with Gasteiger partial charge in [-0.2, -0.15) is 4.89 Å². The van der Waals surface area contributed by atoms with Crippen LogP contribution in [-0.4, -0.2) is 87.3 Å². The summed E-state index contributed by atoms with van der Waals surface area (Å²) in [6, 6.07) is 77.0. The summed E-state index contributed by atoms with van der Waals surface area (Å²) in [7, 11) is 2.03. The predicted molar refractivity (Wildman–Crippen MR) is 521 cm³/mol. The third-order valence-electron chi connectivity index (χ3n) is 15.1. The number of Topliss-reactive ketones (excluding diaryl/α,β-unsaturated/α-hetero) is 1. The number of ether oxygens (including phenoxy) is 5. The normalized spacial score (nSPS) is 9.76. The molecule has 0 aliphatic heterocycles. The molecule has 0 unspecified atom stereocenters. The maximum atomic E-state index is 11.0. The zero-order chi connectivity index (χ0) is 90.0. The van der Waals surface area contributed by atoms with Crippen LogP contribution >= 0.6 is 0 Å². The quantitative estimate of drug-likeness (QED) is 0.0171. The van der Waals surface area contributed by atoms with Crippen molar-refractivity contribution in [3.05, 3.63) is 283 Å². The van der Waals surface area contributed by atoms with Crippen LogP contribution in [-0.2, 0) is 76.9 Å². The largest absolute Gasteiger partial charge is 0.497 e. The van der Waals surface area contributed by atoms with Crippen LogP contribution in [0.2, 0.25) is 35.8 Å². The first-order valence-electron chi connectivity index (χ1n) is 40.5. The van der Waals surface area contributed by atoms with Gasteiger partial charge in [0, 0.05) is 58.1 Å². The molecule has 0 fully saturated rings. The number of fused-ring (bicyclic) bond motifs is 3. The van der Waals surface area contributed by atoms with E-state index in [4.69, 9.17) is 18.9 Å². The number of rotatable bonds is 16. The number of ketones is 1. The molecular weight excluding hydrogens is 1510 g/mol. The second-order valence-corrected chi connectivity index (χ2v) is 39.9. The Morgan fingerprint density at radius 1 is 0.437 bits per heavy atom. The van der Waals surface area contributed by atoms with Crippen LogP contribution in [0.25, 0.3) is 22.3 Å². The van der Waals surface area contributed by atoms with Gasteiger partial charge in [0.15, 0.2) is 0 Å². The van der Waals surface area contributed by atoms with E-state index in [0.717, 1.165) is 36.6 Å². The topological polar surface area (TPSA) is 167 Å². The van der Waals surface area contributed by atoms with E-state index in [1.807, 2.05) is 137 Å². The SMILES string of the molecule is C.C.C.C=CCCC.C=CCOC(C)=O.CC.CC.CC(=O)OCC1c2ccccc2-c2ccccc21.CC(=O)OCC[SiH2]C(C)(C)C.CC(=O)OCc1ccccc1.CC(C)(C)C.CC(C)(C)[Si](C)(C)C.CC(C)=O.CCc1ccc(OC)cc1.CCc1ccccc1.COOC(C)=O.Cc1ccccc1.c1ccc(-c2ccccc2)cc1. The molecule has 9 rings (SSSR count). The van der Waals surface area contributed by atoms with E-state index >= 15 is 0 Å². The van der Waals surface area contributed by atoms with Crippen molar-refractivity contribution < 1.29 is 62.2 Å². The van der Waals surface area contributed by atoms with Crippen molar-refractivity contribution in [2.45, 2.75) is 269 Å². The molecule has 0 spiro atoms. The number of allylic oxidation sites excluding steroid dienone is 1. The minimum absolute atomic E-state index is 0. The second kappa shape index (κ2) is 80.8. The third kappa shape index (κ3) is 84.7. The number of aryl methyl sites for hydroxylation is 3. The molecule has 0 saturated carbocycles. The molecular formula is C104H166O13Si2. The Kier molecular flexibility index (Phi) is 86.7. The van der Waals surface area contributed by atoms with Gasteiger partial charge >= 0.3 is 29.8 Å². The highest BCUT2D eigenvalue weighted by atomic mass is 28.3. The summed E-state index contributed by atoms with van der Waals surface area (Å²) < 4.78 is 24.3. The van der Waals surface area contributed by atoms with E-state index in [0.29, 0.717) is 41.9 Å². The summed E-state index contributed by atoms with van der Waals surface area (Å²) in [5.74, 6) is -0.0606. The highest BCUT2D eigenvalue weighted by Gasteiger charge is 2.30. The maximum Gasteiger partial charge on any atom is 0.339 e. The van der Waals surface area contributed by atoms with E-state index in [9.17, 15) is 28.8 Å². The maximum absolute atomic E-state index is 11.0. The molecule has 0 amide bonds. The van der Waals surface area contributed by atoms with Crippen LogP contribution in [0.5, 0.6) is 5.75 Å². The highest BCUT2D eigenvalue weighted by molar-refractivity contribution is 6.78. The van der Waals surface area contributed by atoms with Gasteiger partial charge in [0.05, 0.1) is 20.8 Å². The first kappa shape index (κ1) is 128. The van der Waals surface area contributed by atoms with E-state index in [-0.39, 0.29) is 67.4 Å². The van der Waals surface area contributed by atoms with Crippen LogP contribution < -0.4 is 4.74 Å². The molecule has 0 heterocycles. The van der Waals surface area contributed by atoms with Gasteiger partial charge in [-0.3, -0.25) is 24.1 Å². The van der Waals surface area contributed by atoms with Gasteiger partial charge in [-0.15, -0.1) is 6.58 Å². The van der Waals surface area contributed by atoms with Crippen molar-refractivity contribution in [3.8, 4) is 28.0 Å². The average Bonchev–Trinajstić information content (AvgIpc) is 1.62. The zero-order valence-corrected chi connectivity index (χ0v) is 79.8. The minimum atomic E-state index is -0.859. The van der Waals surface area contributed by atoms with Crippen molar-refractivity contribution in [2.75, 3.05) is 34.0 Å². The van der Waals surface area contributed by atoms with Crippen molar-refractivity contribution >= 4 is 53.2 Å². The Hall–Kier alpha value is -9.55. The molecule has 8 aromatic rings. The second-order valence-electron chi connectivity index (χ2n) is 30.5. The third-order valence-corrected chi connectivity index (χ3v) is 21.7. The van der Waals surface area contributed by atoms with Crippen molar-refractivity contribution in [2.24, 2.45) is 5.41 Å². The summed E-state index contributed by atoms with van der Waals surface area (Å²) in [5.41, 5.74) is 13.2. The fourth-order valence-electron chi connectivity index (χ4n) is 8.09. The smallest absolute Gasteiger partial charge is 0.339 e. The zero-order valence-electron chi connectivity index (χ0n) is 77.4. The molecule has 13 nitrogen and oxygen atoms in total. The van der Waals surface area contributed by atoms with Gasteiger partial charge in [0.25, 0.3) is 0 Å². The molecule has 15 heteroatoms. The van der Waals surface area contributed by atoms with Gasteiger partial charge in [-0.25, -0.2) is 4.79 Å². The molecule has 0 aromatic heterocycles. The fraction of sp³-hybridized carbons (Fsp3) is 0.442. The number of hydrogen-bond acceptors (Lipinski definition) is 13. The standard InChI is InChI=1S/C16H14O2.C12H10.C9H10O2.C9H12O.C8H18O2Si.C8H10.C7H18Si.C7H8.C5H8O2.C5H12.C5H10.C3H6O3.C3H6O.2C2H6.3CH4/c1-11(17)18-10-16-14-8-4-2-6-12(14)13-7-3-5-9-15(13)16;1-3-7-11(8-4-1)12-9-5-2-6-10-12;1-8(10)11-7-9-5-3-2-4-6-9;1-3-8-4-6-9(10-2)7-5-8;1-7(9)10-5-6-11-8(2,3)4;1-2-8-6-4-3-5-7-8;1-7(2,3)8(4,5)6;1-7-5-3-2-4-6-7;1-3-4-7-5(2)6;1-5(2,3)4;1-3-5-4-2;1-3(4)6-5-2;1-3(2)4;2*1-2;;;/h2-9,16H,10H2,1H3;1-10H;2-6H,7H2,1H3;4-7H,3H2,1-2H3;5-6,11H2,1-4H3;3-7H,2H2,1H3;1-6H3;2-6H,1H3;3H,1,4H2,2H3;1-4H3;3H,1,4-5H2,2H3;1-2H3;1-2H3;2*1-2H3;3*1H4. The van der Waals surface area contributed by atoms with Crippen molar-refractivity contribution in [1.82, 2.24) is 0 Å². The first-order chi connectivity index (χ1) is 54.6. The number of carbonyl (C=O) groups is 6. The Labute approximate surface area is 731 Å². The highest BCUT2D eigenvalue weighted by Crippen LogP contribution is 2.44. The van der Waals surface area contributed by atoms with Gasteiger partial charge in [-0.05, 0) is 124 Å². The molecule has 1 aliphatic rings. The van der Waals surface area contributed by atoms with Crippen LogP contribution in [0, 0.1) is 12.3 Å². The number of methoxy groups -OCH3 is 1. The van der Waals surface area contributed by atoms with Crippen molar-refractivity contribution in [1.29, 1.82) is 0 Å². The van der Waals surface area contributed by atoms with Crippen LogP contribution in [0.15, 0.2) is 250 Å². The number of carbonyl (C=O) groups excluding carboxylic acids is 6. The van der Waals surface area contributed by atoms with Crippen LogP contribution in [0.4, 0.5) is 0 Å². The molecule has 0 bridgehead atoms. The Morgan fingerprint density at radius 2 is 0.765 bits per heavy atom. The summed E-state index contributed by atoms with van der Waals surface area (Å²) in [6.45, 7) is 64.9. The molecule has 0 atom stereocenters. The number of unbranched alkanes of at least 4 members (excludes halogenated alkanes) is 1. The summed E-state index contributed by atoms with van der Waals surface area (Å²) in [6.07, 6.45) is 8.07. The molecule has 0 N–H and O–H groups in total. The molecule has 8 aromatic carbocycles. The van der Waals surface area contributed by atoms with Gasteiger partial charge in [0.1, 0.15) is 31.4 Å². The number of esters is 4. The molecule has 668 valence electrons. The fourth-order valence-corrected chi connectivity index (χ4v) is 9.44. The minimum Gasteiger partial charge on any atom is -0.497 e. The lowest BCUT2D eigenvalue weighted by molar-refractivity contribution is -0.252. The predicted octanol–water partition coefficient (Wildman–Crippen LogP) is 28.9. The Morgan fingerprint density at radius 3 is 1.01 bits per heavy atom. The lowest BCUT2D eigenvalue weighted by Gasteiger charge is -2.32.